The Balaban J connectivity index is 1.36. The number of halogens is 1. The summed E-state index contributed by atoms with van der Waals surface area (Å²) in [6, 6.07) is 13.5. The first-order valence-corrected chi connectivity index (χ1v) is 10.6. The Hall–Kier alpha value is -1.75. The molecule has 0 aliphatic carbocycles. The van der Waals surface area contributed by atoms with Gasteiger partial charge in [-0.25, -0.2) is 0 Å². The number of piperidine rings is 1. The molecule has 2 saturated heterocycles. The van der Waals surface area contributed by atoms with E-state index in [4.69, 9.17) is 21.1 Å². The van der Waals surface area contributed by atoms with E-state index in [1.54, 1.807) is 6.07 Å². The number of likely N-dealkylation sites (tertiary alicyclic amines) is 1. The number of aromatic hydroxyl groups is 1. The minimum absolute atomic E-state index is 0.0915. The normalized spacial score (nSPS) is 26.3. The van der Waals surface area contributed by atoms with Crippen molar-refractivity contribution in [1.82, 2.24) is 4.90 Å². The van der Waals surface area contributed by atoms with Gasteiger partial charge in [0.25, 0.3) is 0 Å². The molecule has 2 atom stereocenters. The monoisotopic (exact) mass is 399 g/mol. The molecule has 0 unspecified atom stereocenters. The van der Waals surface area contributed by atoms with E-state index in [-0.39, 0.29) is 11.7 Å². The van der Waals surface area contributed by atoms with Gasteiger partial charge >= 0.3 is 0 Å². The number of hydrogen-bond acceptors (Lipinski definition) is 4. The fourth-order valence-corrected chi connectivity index (χ4v) is 5.41. The molecule has 28 heavy (non-hydrogen) atoms. The summed E-state index contributed by atoms with van der Waals surface area (Å²) in [5.41, 5.74) is 2.12. The lowest BCUT2D eigenvalue weighted by Gasteiger charge is -2.53. The van der Waals surface area contributed by atoms with E-state index in [0.717, 1.165) is 73.8 Å². The molecule has 0 radical (unpaired) electrons. The number of phenols is 1. The highest BCUT2D eigenvalue weighted by atomic mass is 35.5. The molecule has 3 heterocycles. The zero-order valence-corrected chi connectivity index (χ0v) is 16.7. The Morgan fingerprint density at radius 3 is 2.82 bits per heavy atom. The van der Waals surface area contributed by atoms with Gasteiger partial charge < -0.3 is 14.6 Å². The van der Waals surface area contributed by atoms with Crippen LogP contribution in [0.5, 0.6) is 11.5 Å². The van der Waals surface area contributed by atoms with Crippen LogP contribution >= 0.6 is 11.6 Å². The molecule has 3 aliphatic rings. The number of phenolic OH excluding ortho intramolecular Hbond substituents is 1. The molecule has 2 fully saturated rings. The Morgan fingerprint density at radius 2 is 2.00 bits per heavy atom. The maximum atomic E-state index is 9.72. The van der Waals surface area contributed by atoms with Crippen molar-refractivity contribution in [3.63, 3.8) is 0 Å². The number of ether oxygens (including phenoxy) is 2. The Labute approximate surface area is 171 Å². The van der Waals surface area contributed by atoms with Gasteiger partial charge in [-0.05, 0) is 48.7 Å². The number of fused-ring (bicyclic) bond motifs is 4. The lowest BCUT2D eigenvalue weighted by atomic mass is 9.70. The third kappa shape index (κ3) is 3.28. The topological polar surface area (TPSA) is 41.9 Å². The molecule has 5 rings (SSSR count). The van der Waals surface area contributed by atoms with Crippen LogP contribution in [0.15, 0.2) is 42.5 Å². The second-order valence-electron chi connectivity index (χ2n) is 8.34. The third-order valence-corrected chi connectivity index (χ3v) is 6.84. The van der Waals surface area contributed by atoms with Gasteiger partial charge in [0.15, 0.2) is 0 Å². The SMILES string of the molecule is Oc1cccc(CN2CCC3(CC2)Oc2ccc(Cl)cc2[C@H]2OCCC[C@@H]23)c1. The van der Waals surface area contributed by atoms with E-state index in [1.165, 1.54) is 0 Å². The molecule has 1 N–H and O–H groups in total. The maximum absolute atomic E-state index is 9.72. The molecular weight excluding hydrogens is 374 g/mol. The smallest absolute Gasteiger partial charge is 0.126 e. The van der Waals surface area contributed by atoms with Gasteiger partial charge in [0.2, 0.25) is 0 Å². The van der Waals surface area contributed by atoms with Crippen molar-refractivity contribution in [2.24, 2.45) is 5.92 Å². The van der Waals surface area contributed by atoms with Crippen LogP contribution in [-0.4, -0.2) is 35.3 Å². The minimum atomic E-state index is -0.152. The largest absolute Gasteiger partial charge is 0.508 e. The Bertz CT molecular complexity index is 863. The van der Waals surface area contributed by atoms with Gasteiger partial charge in [0, 0.05) is 55.6 Å². The number of hydrogen-bond donors (Lipinski definition) is 1. The molecule has 3 aliphatic heterocycles. The molecule has 4 nitrogen and oxygen atoms in total. The highest BCUT2D eigenvalue weighted by Gasteiger charge is 2.52. The second-order valence-corrected chi connectivity index (χ2v) is 8.77. The minimum Gasteiger partial charge on any atom is -0.508 e. The van der Waals surface area contributed by atoms with Crippen molar-refractivity contribution >= 4 is 11.6 Å². The van der Waals surface area contributed by atoms with Gasteiger partial charge in [-0.1, -0.05) is 23.7 Å². The highest BCUT2D eigenvalue weighted by Crippen LogP contribution is 2.53. The van der Waals surface area contributed by atoms with E-state index >= 15 is 0 Å². The second kappa shape index (κ2) is 7.25. The summed E-state index contributed by atoms with van der Waals surface area (Å²) in [4.78, 5) is 2.46. The summed E-state index contributed by atoms with van der Waals surface area (Å²) in [6.45, 7) is 3.65. The zero-order valence-electron chi connectivity index (χ0n) is 15.9. The van der Waals surface area contributed by atoms with E-state index in [1.807, 2.05) is 30.3 Å². The molecule has 5 heteroatoms. The Kier molecular flexibility index (Phi) is 4.74. The van der Waals surface area contributed by atoms with E-state index < -0.39 is 0 Å². The lowest BCUT2D eigenvalue weighted by Crippen LogP contribution is -2.57. The van der Waals surface area contributed by atoms with Crippen LogP contribution < -0.4 is 4.74 Å². The molecule has 0 amide bonds. The highest BCUT2D eigenvalue weighted by molar-refractivity contribution is 6.30. The van der Waals surface area contributed by atoms with Crippen LogP contribution in [0.1, 0.15) is 42.9 Å². The van der Waals surface area contributed by atoms with E-state index in [0.29, 0.717) is 11.7 Å². The molecule has 148 valence electrons. The van der Waals surface area contributed by atoms with Gasteiger partial charge in [0.1, 0.15) is 17.1 Å². The van der Waals surface area contributed by atoms with E-state index in [2.05, 4.69) is 11.0 Å². The van der Waals surface area contributed by atoms with Gasteiger partial charge in [-0.3, -0.25) is 4.90 Å². The molecular formula is C23H26ClNO3. The quantitative estimate of drug-likeness (QED) is 0.776. The summed E-state index contributed by atoms with van der Waals surface area (Å²) < 4.78 is 12.9. The van der Waals surface area contributed by atoms with Crippen LogP contribution in [0.3, 0.4) is 0 Å². The van der Waals surface area contributed by atoms with Crippen molar-refractivity contribution in [3.8, 4) is 11.5 Å². The third-order valence-electron chi connectivity index (χ3n) is 6.61. The number of nitrogens with zero attached hydrogens (tertiary/aromatic N) is 1. The molecule has 0 saturated carbocycles. The predicted octanol–water partition coefficient (Wildman–Crippen LogP) is 4.94. The summed E-state index contributed by atoms with van der Waals surface area (Å²) in [5, 5.41) is 10.5. The zero-order chi connectivity index (χ0) is 19.1. The van der Waals surface area contributed by atoms with Crippen molar-refractivity contribution in [1.29, 1.82) is 0 Å². The number of rotatable bonds is 2. The maximum Gasteiger partial charge on any atom is 0.126 e. The fourth-order valence-electron chi connectivity index (χ4n) is 5.23. The number of benzene rings is 2. The first-order chi connectivity index (χ1) is 13.6. The average Bonchev–Trinajstić information content (AvgIpc) is 2.71. The van der Waals surface area contributed by atoms with Gasteiger partial charge in [-0.2, -0.15) is 0 Å². The van der Waals surface area contributed by atoms with E-state index in [9.17, 15) is 5.11 Å². The van der Waals surface area contributed by atoms with Crippen molar-refractivity contribution in [2.75, 3.05) is 19.7 Å². The van der Waals surface area contributed by atoms with Crippen LogP contribution in [-0.2, 0) is 11.3 Å². The lowest BCUT2D eigenvalue weighted by molar-refractivity contribution is -0.150. The first-order valence-electron chi connectivity index (χ1n) is 10.2. The average molecular weight is 400 g/mol. The van der Waals surface area contributed by atoms with Gasteiger partial charge in [0.05, 0.1) is 6.10 Å². The molecule has 2 aromatic carbocycles. The van der Waals surface area contributed by atoms with Crippen LogP contribution in [0.4, 0.5) is 0 Å². The van der Waals surface area contributed by atoms with Crippen LogP contribution in [0.2, 0.25) is 5.02 Å². The first kappa shape index (κ1) is 18.3. The molecule has 0 bridgehead atoms. The Morgan fingerprint density at radius 1 is 1.14 bits per heavy atom. The molecule has 0 aromatic heterocycles. The van der Waals surface area contributed by atoms with Crippen molar-refractivity contribution < 1.29 is 14.6 Å². The van der Waals surface area contributed by atoms with Crippen LogP contribution in [0, 0.1) is 5.92 Å². The van der Waals surface area contributed by atoms with Crippen molar-refractivity contribution in [2.45, 2.75) is 43.9 Å². The standard InChI is InChI=1S/C23H26ClNO3/c24-17-6-7-21-19(14-17)22-20(5-2-12-27-22)23(28-21)8-10-25(11-9-23)15-16-3-1-4-18(26)13-16/h1,3-4,6-7,13-14,20,22,26H,2,5,8-12,15H2/t20-,22+/m0/s1. The summed E-state index contributed by atoms with van der Waals surface area (Å²) in [7, 11) is 0. The summed E-state index contributed by atoms with van der Waals surface area (Å²) in [5.74, 6) is 1.66. The molecule has 1 spiro atoms. The summed E-state index contributed by atoms with van der Waals surface area (Å²) in [6.07, 6.45) is 4.32. The van der Waals surface area contributed by atoms with Crippen LogP contribution in [0.25, 0.3) is 0 Å². The van der Waals surface area contributed by atoms with Crippen molar-refractivity contribution in [3.05, 3.63) is 58.6 Å². The summed E-state index contributed by atoms with van der Waals surface area (Å²) >= 11 is 6.26. The fraction of sp³-hybridized carbons (Fsp3) is 0.478. The molecule has 2 aromatic rings. The predicted molar refractivity (Wildman–Crippen MR) is 109 cm³/mol. The van der Waals surface area contributed by atoms with Gasteiger partial charge in [-0.15, -0.1) is 0 Å².